The number of amides is 1. The van der Waals surface area contributed by atoms with Gasteiger partial charge >= 0.3 is 17.9 Å². The van der Waals surface area contributed by atoms with E-state index < -0.39 is 101 Å². The third kappa shape index (κ3) is 8.07. The van der Waals surface area contributed by atoms with Crippen molar-refractivity contribution in [3.05, 3.63) is 119 Å². The Balaban J connectivity index is 1.48. The molecule has 59 heavy (non-hydrogen) atoms. The summed E-state index contributed by atoms with van der Waals surface area (Å²) in [6.07, 6.45) is -10.9. The molecule has 3 aromatic carbocycles. The van der Waals surface area contributed by atoms with Gasteiger partial charge in [0.2, 0.25) is 0 Å². The summed E-state index contributed by atoms with van der Waals surface area (Å²) in [7, 11) is 0. The lowest BCUT2D eigenvalue weighted by Crippen LogP contribution is -2.72. The normalized spacial score (nSPS) is 30.2. The van der Waals surface area contributed by atoms with Crippen molar-refractivity contribution in [3.63, 3.8) is 0 Å². The average molecular weight is 814 g/mol. The molecule has 10 atom stereocenters. The van der Waals surface area contributed by atoms with E-state index in [0.717, 1.165) is 6.92 Å². The number of carbonyl (C=O) groups excluding carboxylic acids is 5. The molecule has 5 N–H and O–H groups in total. The van der Waals surface area contributed by atoms with Gasteiger partial charge in [0.15, 0.2) is 11.9 Å². The zero-order valence-corrected chi connectivity index (χ0v) is 33.6. The summed E-state index contributed by atoms with van der Waals surface area (Å²) < 4.78 is 23.8. The van der Waals surface area contributed by atoms with E-state index in [-0.39, 0.29) is 41.9 Å². The van der Waals surface area contributed by atoms with Gasteiger partial charge in [0.1, 0.15) is 30.0 Å². The van der Waals surface area contributed by atoms with Gasteiger partial charge in [0.05, 0.1) is 35.6 Å². The minimum atomic E-state index is -2.35. The first-order valence-electron chi connectivity index (χ1n) is 19.6. The van der Waals surface area contributed by atoms with Gasteiger partial charge < -0.3 is 44.7 Å². The van der Waals surface area contributed by atoms with Crippen molar-refractivity contribution in [3.8, 4) is 0 Å². The second-order valence-electron chi connectivity index (χ2n) is 16.2. The SMILES string of the molecule is CC(=O)O[C@H]1COCC[C@H](O)[C@@]2(C)C(=O)[C@H](O)C3=C(C)[C@@H](OC(=O)[C@H](O)[C@@H](NC(=O)c4ccccc4)c4ccccc4)C[C@@](O)([C@@H](OC(=O)c4ccccc4)[C@H]12)C3(C)C. The molecule has 3 aliphatic rings. The number of hydrogen-bond donors (Lipinski definition) is 5. The van der Waals surface area contributed by atoms with Gasteiger partial charge in [0.25, 0.3) is 5.91 Å². The van der Waals surface area contributed by atoms with Crippen LogP contribution in [0.5, 0.6) is 0 Å². The molecule has 6 rings (SSSR count). The summed E-state index contributed by atoms with van der Waals surface area (Å²) in [4.78, 5) is 69.2. The summed E-state index contributed by atoms with van der Waals surface area (Å²) in [5, 5.41) is 51.8. The van der Waals surface area contributed by atoms with Crippen LogP contribution in [0.1, 0.15) is 79.8 Å². The summed E-state index contributed by atoms with van der Waals surface area (Å²) in [5.41, 5.74) is -5.19. The second kappa shape index (κ2) is 17.2. The zero-order valence-electron chi connectivity index (χ0n) is 33.6. The van der Waals surface area contributed by atoms with Crippen molar-refractivity contribution in [2.45, 2.75) is 95.7 Å². The fourth-order valence-corrected chi connectivity index (χ4v) is 9.13. The van der Waals surface area contributed by atoms with Gasteiger partial charge in [-0.1, -0.05) is 80.6 Å². The van der Waals surface area contributed by atoms with Crippen LogP contribution in [0.3, 0.4) is 0 Å². The number of Topliss-reactive ketones (excluding diaryl/α,β-unsaturated/α-hetero) is 1. The number of benzene rings is 3. The van der Waals surface area contributed by atoms with Crippen molar-refractivity contribution in [2.24, 2.45) is 16.7 Å². The quantitative estimate of drug-likeness (QED) is 0.119. The fourth-order valence-electron chi connectivity index (χ4n) is 9.13. The third-order valence-corrected chi connectivity index (χ3v) is 12.5. The molecular weight excluding hydrogens is 762 g/mol. The molecule has 0 unspecified atom stereocenters. The van der Waals surface area contributed by atoms with E-state index in [1.165, 1.54) is 26.0 Å². The Bertz CT molecular complexity index is 2070. The maximum atomic E-state index is 15.0. The Labute approximate surface area is 342 Å². The van der Waals surface area contributed by atoms with Gasteiger partial charge in [0, 0.05) is 30.9 Å². The van der Waals surface area contributed by atoms with Crippen molar-refractivity contribution >= 4 is 29.6 Å². The van der Waals surface area contributed by atoms with Crippen LogP contribution >= 0.6 is 0 Å². The Morgan fingerprint density at radius 2 is 1.42 bits per heavy atom. The molecule has 3 aromatic rings. The molecule has 1 saturated heterocycles. The maximum absolute atomic E-state index is 15.0. The molecule has 2 aliphatic carbocycles. The lowest BCUT2D eigenvalue weighted by atomic mass is 9.49. The number of esters is 3. The number of aliphatic hydroxyl groups is 4. The molecule has 0 aromatic heterocycles. The Hall–Kier alpha value is -5.25. The molecule has 1 aliphatic heterocycles. The predicted octanol–water partition coefficient (Wildman–Crippen LogP) is 3.41. The van der Waals surface area contributed by atoms with Crippen LogP contribution in [0.2, 0.25) is 0 Å². The molecule has 2 fully saturated rings. The summed E-state index contributed by atoms with van der Waals surface area (Å²) in [6.45, 7) is 6.74. The van der Waals surface area contributed by atoms with Crippen LogP contribution < -0.4 is 5.32 Å². The van der Waals surface area contributed by atoms with Crippen molar-refractivity contribution < 1.29 is 63.3 Å². The lowest BCUT2D eigenvalue weighted by Gasteiger charge is -2.60. The molecular formula is C45H51NO13. The number of rotatable bonds is 9. The summed E-state index contributed by atoms with van der Waals surface area (Å²) in [5.74, 6) is -5.98. The first-order chi connectivity index (χ1) is 27.9. The van der Waals surface area contributed by atoms with E-state index in [2.05, 4.69) is 5.32 Å². The second-order valence-corrected chi connectivity index (χ2v) is 16.2. The van der Waals surface area contributed by atoms with Crippen molar-refractivity contribution in [1.29, 1.82) is 0 Å². The molecule has 1 saturated carbocycles. The monoisotopic (exact) mass is 813 g/mol. The van der Waals surface area contributed by atoms with Crippen LogP contribution in [0.25, 0.3) is 0 Å². The molecule has 314 valence electrons. The largest absolute Gasteiger partial charge is 0.460 e. The van der Waals surface area contributed by atoms with Gasteiger partial charge in [-0.25, -0.2) is 9.59 Å². The standard InChI is InChI=1S/C45H51NO13/c1-25-30(58-42(54)37(50)35(27-15-9-6-10-16-27)46-40(52)28-17-11-7-12-18-28)23-45(55)39(59-41(53)29-19-13-8-14-20-29)34-31(57-26(2)47)24-56-22-21-32(48)44(34,5)38(51)36(49)33(25)43(45,3)4/h6-20,30-32,34-37,39,48-50,55H,21-24H2,1-5H3,(H,46,52)/t30-,31-,32-,34-,35-,36+,37+,39-,44+,45+/m0/s1. The smallest absolute Gasteiger partial charge is 0.338 e. The molecule has 0 spiro atoms. The van der Waals surface area contributed by atoms with E-state index >= 15 is 0 Å². The molecule has 14 nitrogen and oxygen atoms in total. The van der Waals surface area contributed by atoms with Crippen LogP contribution in [-0.4, -0.2) is 105 Å². The summed E-state index contributed by atoms with van der Waals surface area (Å²) in [6, 6.07) is 23.0. The van der Waals surface area contributed by atoms with E-state index in [1.807, 2.05) is 0 Å². The molecule has 14 heteroatoms. The average Bonchev–Trinajstić information content (AvgIpc) is 3.22. The highest BCUT2D eigenvalue weighted by molar-refractivity contribution is 5.95. The third-order valence-electron chi connectivity index (χ3n) is 12.5. The van der Waals surface area contributed by atoms with Gasteiger partial charge in [-0.2, -0.15) is 0 Å². The topological polar surface area (TPSA) is 215 Å². The zero-order chi connectivity index (χ0) is 42.9. The number of carbonyl (C=O) groups is 5. The maximum Gasteiger partial charge on any atom is 0.338 e. The lowest BCUT2D eigenvalue weighted by molar-refractivity contribution is -0.240. The number of fused-ring (bicyclic) bond motifs is 3. The highest BCUT2D eigenvalue weighted by Gasteiger charge is 2.70. The molecule has 1 heterocycles. The van der Waals surface area contributed by atoms with Crippen LogP contribution in [0.4, 0.5) is 0 Å². The summed E-state index contributed by atoms with van der Waals surface area (Å²) >= 11 is 0. The van der Waals surface area contributed by atoms with E-state index in [1.54, 1.807) is 92.7 Å². The number of aliphatic hydroxyl groups excluding tert-OH is 3. The molecule has 0 radical (unpaired) electrons. The number of hydrogen-bond acceptors (Lipinski definition) is 13. The first kappa shape index (κ1) is 43.3. The van der Waals surface area contributed by atoms with E-state index in [0.29, 0.717) is 5.56 Å². The number of ether oxygens (including phenoxy) is 4. The number of nitrogens with one attached hydrogen (secondary N) is 1. The minimum Gasteiger partial charge on any atom is -0.460 e. The highest BCUT2D eigenvalue weighted by atomic mass is 16.6. The molecule has 1 amide bonds. The fraction of sp³-hybridized carbons (Fsp3) is 0.444. The minimum absolute atomic E-state index is 0.0489. The first-order valence-corrected chi connectivity index (χ1v) is 19.6. The van der Waals surface area contributed by atoms with Crippen LogP contribution in [-0.2, 0) is 33.3 Å². The van der Waals surface area contributed by atoms with Gasteiger partial charge in [-0.3, -0.25) is 14.4 Å². The van der Waals surface area contributed by atoms with Crippen LogP contribution in [0.15, 0.2) is 102 Å². The van der Waals surface area contributed by atoms with Gasteiger partial charge in [-0.05, 0) is 61.2 Å². The van der Waals surface area contributed by atoms with Crippen molar-refractivity contribution in [1.82, 2.24) is 5.32 Å². The Kier molecular flexibility index (Phi) is 12.6. The van der Waals surface area contributed by atoms with E-state index in [4.69, 9.17) is 18.9 Å². The number of ketones is 1. The molecule has 2 bridgehead atoms. The van der Waals surface area contributed by atoms with Gasteiger partial charge in [-0.15, -0.1) is 0 Å². The predicted molar refractivity (Wildman–Crippen MR) is 210 cm³/mol. The Morgan fingerprint density at radius 3 is 2.02 bits per heavy atom. The Morgan fingerprint density at radius 1 is 0.847 bits per heavy atom. The van der Waals surface area contributed by atoms with Crippen molar-refractivity contribution in [2.75, 3.05) is 13.2 Å². The van der Waals surface area contributed by atoms with Crippen LogP contribution in [0, 0.1) is 16.7 Å². The van der Waals surface area contributed by atoms with E-state index in [9.17, 15) is 44.4 Å². The highest BCUT2D eigenvalue weighted by Crippen LogP contribution is 2.59.